The van der Waals surface area contributed by atoms with Gasteiger partial charge in [0.05, 0.1) is 11.4 Å². The number of hydrogen-bond acceptors (Lipinski definition) is 4. The molecule has 7 heteroatoms. The van der Waals surface area contributed by atoms with Gasteiger partial charge in [0.25, 0.3) is 0 Å². The maximum Gasteiger partial charge on any atom is 0.137 e. The van der Waals surface area contributed by atoms with E-state index in [0.717, 1.165) is 53.2 Å². The summed E-state index contributed by atoms with van der Waals surface area (Å²) < 4.78 is 4.09. The lowest BCUT2D eigenvalue weighted by atomic mass is 9.82. The lowest BCUT2D eigenvalue weighted by molar-refractivity contribution is 0.467. The van der Waals surface area contributed by atoms with Crippen LogP contribution < -0.4 is 5.32 Å². The number of aromatic amines is 1. The lowest BCUT2D eigenvalue weighted by Crippen LogP contribution is -2.25. The summed E-state index contributed by atoms with van der Waals surface area (Å²) in [5.74, 6) is 0. The second-order valence-corrected chi connectivity index (χ2v) is 7.76. The van der Waals surface area contributed by atoms with E-state index in [0.29, 0.717) is 0 Å². The van der Waals surface area contributed by atoms with Crippen molar-refractivity contribution in [1.29, 1.82) is 0 Å². The molecule has 6 heterocycles. The highest BCUT2D eigenvalue weighted by molar-refractivity contribution is 5.94. The first kappa shape index (κ1) is 15.2. The molecule has 0 aromatic carbocycles. The van der Waals surface area contributed by atoms with Gasteiger partial charge in [-0.15, -0.1) is 0 Å². The Morgan fingerprint density at radius 2 is 2.19 bits per heavy atom. The second-order valence-electron chi connectivity index (χ2n) is 7.76. The molecular formula is C20H21N7. The Labute approximate surface area is 156 Å². The zero-order valence-electron chi connectivity index (χ0n) is 15.2. The zero-order chi connectivity index (χ0) is 18.0. The minimum absolute atomic E-state index is 0.275. The Kier molecular flexibility index (Phi) is 2.97. The van der Waals surface area contributed by atoms with Crippen LogP contribution >= 0.6 is 0 Å². The van der Waals surface area contributed by atoms with Crippen LogP contribution in [-0.4, -0.2) is 42.6 Å². The summed E-state index contributed by atoms with van der Waals surface area (Å²) in [4.78, 5) is 7.92. The van der Waals surface area contributed by atoms with Crippen molar-refractivity contribution in [3.8, 4) is 22.5 Å². The highest BCUT2D eigenvalue weighted by Crippen LogP contribution is 2.41. The van der Waals surface area contributed by atoms with E-state index < -0.39 is 0 Å². The van der Waals surface area contributed by atoms with Crippen molar-refractivity contribution in [3.63, 3.8) is 0 Å². The Hall–Kier alpha value is -2.93. The van der Waals surface area contributed by atoms with Gasteiger partial charge in [0.15, 0.2) is 0 Å². The Morgan fingerprint density at radius 3 is 3.00 bits per heavy atom. The number of nitrogens with one attached hydrogen (secondary N) is 2. The Bertz CT molecular complexity index is 1160. The first-order valence-corrected chi connectivity index (χ1v) is 9.48. The number of rotatable bonds is 2. The maximum atomic E-state index is 4.90. The van der Waals surface area contributed by atoms with Crippen LogP contribution in [0.3, 0.4) is 0 Å². The number of fused-ring (bicyclic) bond motifs is 3. The van der Waals surface area contributed by atoms with Crippen LogP contribution in [0.1, 0.15) is 18.5 Å². The predicted octanol–water partition coefficient (Wildman–Crippen LogP) is 2.46. The van der Waals surface area contributed by atoms with Crippen molar-refractivity contribution >= 4 is 11.0 Å². The molecule has 1 atom stereocenters. The molecule has 27 heavy (non-hydrogen) atoms. The van der Waals surface area contributed by atoms with Crippen LogP contribution in [-0.2, 0) is 19.0 Å². The molecule has 136 valence electrons. The van der Waals surface area contributed by atoms with Crippen molar-refractivity contribution in [3.05, 3.63) is 42.5 Å². The second kappa shape index (κ2) is 5.29. The predicted molar refractivity (Wildman–Crippen MR) is 103 cm³/mol. The van der Waals surface area contributed by atoms with Gasteiger partial charge in [-0.2, -0.15) is 10.2 Å². The van der Waals surface area contributed by atoms with Crippen molar-refractivity contribution in [1.82, 2.24) is 34.8 Å². The summed E-state index contributed by atoms with van der Waals surface area (Å²) in [6.07, 6.45) is 8.15. The van der Waals surface area contributed by atoms with Crippen molar-refractivity contribution in [2.45, 2.75) is 24.8 Å². The van der Waals surface area contributed by atoms with Gasteiger partial charge in [-0.1, -0.05) is 0 Å². The first-order valence-electron chi connectivity index (χ1n) is 9.48. The van der Waals surface area contributed by atoms with E-state index in [1.165, 1.54) is 18.5 Å². The number of nitrogens with zero attached hydrogens (tertiary/aromatic N) is 5. The molecule has 2 N–H and O–H groups in total. The molecule has 1 fully saturated rings. The molecule has 2 aliphatic heterocycles. The monoisotopic (exact) mass is 359 g/mol. The molecule has 0 radical (unpaired) electrons. The third kappa shape index (κ3) is 2.09. The fourth-order valence-electron chi connectivity index (χ4n) is 4.77. The molecule has 0 aliphatic carbocycles. The van der Waals surface area contributed by atoms with E-state index in [1.54, 1.807) is 0 Å². The van der Waals surface area contributed by atoms with Gasteiger partial charge in [-0.3, -0.25) is 9.36 Å². The third-order valence-electron chi connectivity index (χ3n) is 6.29. The zero-order valence-corrected chi connectivity index (χ0v) is 15.2. The van der Waals surface area contributed by atoms with Crippen LogP contribution in [0.15, 0.2) is 36.8 Å². The summed E-state index contributed by atoms with van der Waals surface area (Å²) in [7, 11) is 1.96. The summed E-state index contributed by atoms with van der Waals surface area (Å²) in [6.45, 7) is 3.18. The molecule has 1 spiro atoms. The van der Waals surface area contributed by atoms with Crippen LogP contribution in [0.4, 0.5) is 0 Å². The maximum absolute atomic E-state index is 4.90. The van der Waals surface area contributed by atoms with Crippen LogP contribution in [0.5, 0.6) is 0 Å². The average molecular weight is 359 g/mol. The fourth-order valence-corrected chi connectivity index (χ4v) is 4.77. The molecule has 0 saturated carbocycles. The van der Waals surface area contributed by atoms with Crippen molar-refractivity contribution in [2.75, 3.05) is 13.1 Å². The lowest BCUT2D eigenvalue weighted by Gasteiger charge is -2.20. The molecule has 4 aromatic heterocycles. The molecule has 2 aliphatic rings. The molecule has 4 aromatic rings. The van der Waals surface area contributed by atoms with E-state index in [4.69, 9.17) is 5.10 Å². The quantitative estimate of drug-likeness (QED) is 0.576. The smallest absolute Gasteiger partial charge is 0.137 e. The van der Waals surface area contributed by atoms with E-state index in [9.17, 15) is 0 Å². The minimum atomic E-state index is 0.275. The van der Waals surface area contributed by atoms with Gasteiger partial charge in [0.2, 0.25) is 0 Å². The topological polar surface area (TPSA) is 76.3 Å². The highest BCUT2D eigenvalue weighted by atomic mass is 15.3. The molecule has 1 saturated heterocycles. The number of hydrogen-bond donors (Lipinski definition) is 2. The summed E-state index contributed by atoms with van der Waals surface area (Å²) in [6, 6.07) is 6.50. The minimum Gasteiger partial charge on any atom is -0.345 e. The van der Waals surface area contributed by atoms with Crippen molar-refractivity contribution < 1.29 is 0 Å². The third-order valence-corrected chi connectivity index (χ3v) is 6.29. The summed E-state index contributed by atoms with van der Waals surface area (Å²) in [5.41, 5.74) is 6.81. The Morgan fingerprint density at radius 1 is 1.22 bits per heavy atom. The molecule has 6 rings (SSSR count). The molecule has 0 amide bonds. The van der Waals surface area contributed by atoms with Gasteiger partial charge in [0, 0.05) is 66.3 Å². The van der Waals surface area contributed by atoms with E-state index in [1.807, 2.05) is 36.4 Å². The Balaban J connectivity index is 1.47. The van der Waals surface area contributed by atoms with Gasteiger partial charge in [0.1, 0.15) is 5.65 Å². The number of H-pyrrole nitrogens is 1. The molecule has 1 unspecified atom stereocenters. The van der Waals surface area contributed by atoms with E-state index in [2.05, 4.69) is 37.2 Å². The number of aryl methyl sites for hydroxylation is 2. The fraction of sp³-hybridized carbons (Fsp3) is 0.350. The highest BCUT2D eigenvalue weighted by Gasteiger charge is 2.42. The van der Waals surface area contributed by atoms with Gasteiger partial charge >= 0.3 is 0 Å². The number of pyridine rings is 1. The summed E-state index contributed by atoms with van der Waals surface area (Å²) >= 11 is 0. The van der Waals surface area contributed by atoms with Crippen LogP contribution in [0, 0.1) is 0 Å². The van der Waals surface area contributed by atoms with Crippen LogP contribution in [0.2, 0.25) is 0 Å². The normalized spacial score (nSPS) is 21.5. The van der Waals surface area contributed by atoms with E-state index in [-0.39, 0.29) is 5.41 Å². The SMILES string of the molecule is Cn1nccc1-c1c[nH]c2ncc(-c3cc4n(n3)CCC43CCNC3)cc12. The molecule has 0 bridgehead atoms. The molecular weight excluding hydrogens is 338 g/mol. The largest absolute Gasteiger partial charge is 0.345 e. The van der Waals surface area contributed by atoms with Gasteiger partial charge in [-0.05, 0) is 37.6 Å². The standard InChI is InChI=1S/C20H21N7/c1-26-17(2-5-24-26)15-11-23-19-14(15)8-13(10-22-19)16-9-18-20(3-6-21-12-20)4-7-27(18)25-16/h2,5,8-11,21H,3-4,6-7,12H2,1H3,(H,22,23). The van der Waals surface area contributed by atoms with Crippen molar-refractivity contribution in [2.24, 2.45) is 7.05 Å². The van der Waals surface area contributed by atoms with Gasteiger partial charge in [-0.25, -0.2) is 4.98 Å². The van der Waals surface area contributed by atoms with Crippen LogP contribution in [0.25, 0.3) is 33.5 Å². The number of aromatic nitrogens is 6. The summed E-state index contributed by atoms with van der Waals surface area (Å²) in [5, 5.41) is 13.8. The average Bonchev–Trinajstić information content (AvgIpc) is 3.46. The van der Waals surface area contributed by atoms with Gasteiger partial charge < -0.3 is 10.3 Å². The first-order chi connectivity index (χ1) is 13.2. The molecule has 7 nitrogen and oxygen atoms in total. The van der Waals surface area contributed by atoms with E-state index >= 15 is 0 Å².